The number of carbonyl (C=O) groups is 1. The minimum atomic E-state index is -0.458. The van der Waals surface area contributed by atoms with Crippen LogP contribution in [0, 0.1) is 29.6 Å². The van der Waals surface area contributed by atoms with Crippen molar-refractivity contribution in [2.75, 3.05) is 8.86 Å². The molecule has 0 bridgehead atoms. The van der Waals surface area contributed by atoms with Gasteiger partial charge < -0.3 is 0 Å². The monoisotopic (exact) mass is 548 g/mol. The molecule has 0 aromatic heterocycles. The summed E-state index contributed by atoms with van der Waals surface area (Å²) in [6.45, 7) is 7.41. The van der Waals surface area contributed by atoms with Crippen molar-refractivity contribution >= 4 is 5.97 Å². The standard InChI is InChI=1S/C18H30I2O3/c1-10-4-5-14-12(3)11(2)8-20-18(14)15(10)9-19-16-6-13(21)7-17(22)23-16/h10-16,18,21H,4-9H2,1-3H3/q-2/t10-,11?,12+,13+,14?,15?,16?,18-/m0/s1. The molecule has 0 aromatic carbocycles. The Morgan fingerprint density at radius 1 is 1.26 bits per heavy atom. The Bertz CT molecular complexity index is 430. The van der Waals surface area contributed by atoms with Crippen molar-refractivity contribution in [3.05, 3.63) is 0 Å². The van der Waals surface area contributed by atoms with Gasteiger partial charge in [0.2, 0.25) is 0 Å². The van der Waals surface area contributed by atoms with Crippen LogP contribution >= 0.6 is 0 Å². The molecule has 2 aliphatic heterocycles. The quantitative estimate of drug-likeness (QED) is 0.227. The number of cyclic esters (lactones) is 1. The molecule has 136 valence electrons. The molecule has 23 heavy (non-hydrogen) atoms. The van der Waals surface area contributed by atoms with E-state index in [0.29, 0.717) is 27.6 Å². The summed E-state index contributed by atoms with van der Waals surface area (Å²) in [7, 11) is 0. The van der Waals surface area contributed by atoms with E-state index in [0.717, 1.165) is 33.5 Å². The Morgan fingerprint density at radius 3 is 2.78 bits per heavy atom. The van der Waals surface area contributed by atoms with Crippen LogP contribution in [0.25, 0.3) is 0 Å². The molecule has 0 radical (unpaired) electrons. The van der Waals surface area contributed by atoms with E-state index in [-0.39, 0.29) is 37.7 Å². The third kappa shape index (κ3) is 4.36. The molecule has 0 amide bonds. The molecule has 2 saturated heterocycles. The Labute approximate surface area is 161 Å². The zero-order chi connectivity index (χ0) is 16.6. The van der Waals surface area contributed by atoms with Gasteiger partial charge >= 0.3 is 162 Å². The summed E-state index contributed by atoms with van der Waals surface area (Å²) < 4.78 is 9.39. The number of esters is 1. The first kappa shape index (κ1) is 18.7. The Hall–Kier alpha value is 0.890. The van der Waals surface area contributed by atoms with E-state index in [4.69, 9.17) is 4.74 Å². The molecule has 3 rings (SSSR count). The van der Waals surface area contributed by atoms with E-state index in [9.17, 15) is 9.90 Å². The van der Waals surface area contributed by atoms with Crippen LogP contribution in [0.15, 0.2) is 0 Å². The van der Waals surface area contributed by atoms with Crippen molar-refractivity contribution in [2.45, 2.75) is 60.6 Å². The van der Waals surface area contributed by atoms with Gasteiger partial charge in [-0.1, -0.05) is 0 Å². The van der Waals surface area contributed by atoms with Gasteiger partial charge in [-0.05, 0) is 0 Å². The van der Waals surface area contributed by atoms with Crippen molar-refractivity contribution in [3.8, 4) is 0 Å². The molecule has 2 heterocycles. The predicted octanol–water partition coefficient (Wildman–Crippen LogP) is -3.49. The van der Waals surface area contributed by atoms with E-state index >= 15 is 0 Å². The van der Waals surface area contributed by atoms with E-state index in [1.54, 1.807) is 0 Å². The fourth-order valence-corrected chi connectivity index (χ4v) is 14.7. The molecule has 1 aliphatic carbocycles. The summed E-state index contributed by atoms with van der Waals surface area (Å²) in [5.41, 5.74) is 0. The number of ether oxygens (including phenoxy) is 1. The second kappa shape index (κ2) is 8.06. The van der Waals surface area contributed by atoms with Crippen molar-refractivity contribution in [2.24, 2.45) is 29.6 Å². The van der Waals surface area contributed by atoms with Crippen molar-refractivity contribution < 1.29 is 57.0 Å². The number of aliphatic hydroxyl groups is 1. The number of carbonyl (C=O) groups excluding carboxylic acids is 1. The third-order valence-electron chi connectivity index (χ3n) is 6.15. The van der Waals surface area contributed by atoms with Gasteiger partial charge in [-0.25, -0.2) is 0 Å². The number of rotatable bonds is 3. The number of hydrogen-bond acceptors (Lipinski definition) is 3. The summed E-state index contributed by atoms with van der Waals surface area (Å²) in [6, 6.07) is 0. The molecule has 5 heteroatoms. The number of alkyl halides is 4. The molecule has 3 nitrogen and oxygen atoms in total. The van der Waals surface area contributed by atoms with E-state index in [1.165, 1.54) is 21.7 Å². The van der Waals surface area contributed by atoms with Crippen LogP contribution in [0.1, 0.15) is 46.5 Å². The summed E-state index contributed by atoms with van der Waals surface area (Å²) >= 11 is 0.182. The van der Waals surface area contributed by atoms with Crippen molar-refractivity contribution in [1.29, 1.82) is 0 Å². The molecule has 3 aliphatic rings. The van der Waals surface area contributed by atoms with E-state index < -0.39 is 6.10 Å². The SMILES string of the molecule is CC1C[I-][C@H]2C(CC[C@H](C)C2C[I-]C2C[C@@H](O)CC(=O)O2)[C@@H]1C. The maximum absolute atomic E-state index is 11.5. The topological polar surface area (TPSA) is 46.5 Å². The molecule has 8 atom stereocenters. The fraction of sp³-hybridized carbons (Fsp3) is 0.944. The molecule has 1 saturated carbocycles. The summed E-state index contributed by atoms with van der Waals surface area (Å²) in [5, 5.41) is 9.81. The summed E-state index contributed by atoms with van der Waals surface area (Å²) in [6.07, 6.45) is 3.27. The van der Waals surface area contributed by atoms with Crippen LogP contribution in [-0.4, -0.2) is 34.1 Å². The van der Waals surface area contributed by atoms with Gasteiger partial charge in [-0.15, -0.1) is 0 Å². The number of fused-ring (bicyclic) bond motifs is 1. The Balaban J connectivity index is 1.60. The normalized spacial score (nSPS) is 48.3. The third-order valence-corrected chi connectivity index (χ3v) is 14.2. The Morgan fingerprint density at radius 2 is 2.04 bits per heavy atom. The average Bonchev–Trinajstić information content (AvgIpc) is 2.49. The predicted molar refractivity (Wildman–Crippen MR) is 82.3 cm³/mol. The number of aliphatic hydroxyl groups excluding tert-OH is 1. The molecule has 3 fully saturated rings. The van der Waals surface area contributed by atoms with Gasteiger partial charge in [0.25, 0.3) is 0 Å². The first-order valence-corrected chi connectivity index (χ1v) is 14.5. The molecule has 0 spiro atoms. The van der Waals surface area contributed by atoms with Crippen LogP contribution in [0.4, 0.5) is 0 Å². The molecule has 0 aromatic rings. The molecule has 4 unspecified atom stereocenters. The second-order valence-corrected chi connectivity index (χ2v) is 14.1. The van der Waals surface area contributed by atoms with Gasteiger partial charge in [-0.3, -0.25) is 0 Å². The number of halogens is 2. The van der Waals surface area contributed by atoms with Gasteiger partial charge in [-0.2, -0.15) is 0 Å². The van der Waals surface area contributed by atoms with Gasteiger partial charge in [0.15, 0.2) is 0 Å². The zero-order valence-corrected chi connectivity index (χ0v) is 18.7. The summed E-state index contributed by atoms with van der Waals surface area (Å²) in [4.78, 5) is 11.5. The second-order valence-electron chi connectivity index (χ2n) is 7.77. The number of hydrogen-bond donors (Lipinski definition) is 1. The first-order chi connectivity index (χ1) is 11.0. The first-order valence-electron chi connectivity index (χ1n) is 8.98. The van der Waals surface area contributed by atoms with Crippen LogP contribution < -0.4 is 42.4 Å². The Kier molecular flexibility index (Phi) is 6.54. The van der Waals surface area contributed by atoms with Crippen LogP contribution in [0.3, 0.4) is 0 Å². The fourth-order valence-electron chi connectivity index (χ4n) is 4.31. The minimum absolute atomic E-state index is 0.0655. The van der Waals surface area contributed by atoms with Gasteiger partial charge in [0, 0.05) is 0 Å². The van der Waals surface area contributed by atoms with Crippen LogP contribution in [0.2, 0.25) is 0 Å². The van der Waals surface area contributed by atoms with Gasteiger partial charge in [0.1, 0.15) is 0 Å². The van der Waals surface area contributed by atoms with E-state index in [2.05, 4.69) is 20.8 Å². The van der Waals surface area contributed by atoms with Crippen LogP contribution in [0.5, 0.6) is 0 Å². The molecule has 1 N–H and O–H groups in total. The molecular formula is C18H30I2O3-2. The van der Waals surface area contributed by atoms with Crippen LogP contribution in [-0.2, 0) is 9.53 Å². The maximum atomic E-state index is 11.5. The van der Waals surface area contributed by atoms with E-state index in [1.807, 2.05) is 0 Å². The van der Waals surface area contributed by atoms with Crippen molar-refractivity contribution in [1.82, 2.24) is 0 Å². The molecular weight excluding hydrogens is 518 g/mol. The van der Waals surface area contributed by atoms with Crippen molar-refractivity contribution in [3.63, 3.8) is 0 Å². The summed E-state index contributed by atoms with van der Waals surface area (Å²) in [5.74, 6) is 4.34. The average molecular weight is 548 g/mol. The van der Waals surface area contributed by atoms with Gasteiger partial charge in [0.05, 0.1) is 0 Å². The zero-order valence-electron chi connectivity index (χ0n) is 14.4.